The molecule has 0 aliphatic carbocycles. The molecule has 7 heavy (non-hydrogen) atoms. The van der Waals surface area contributed by atoms with Crippen LogP contribution in [0.4, 0.5) is 0 Å². The first-order valence-corrected chi connectivity index (χ1v) is 2.35. The fourth-order valence-electron chi connectivity index (χ4n) is 0.0742. The fourth-order valence-corrected chi connectivity index (χ4v) is 0.223. The van der Waals surface area contributed by atoms with E-state index in [0.717, 1.165) is 0 Å². The molecule has 0 aliphatic rings. The van der Waals surface area contributed by atoms with Crippen molar-refractivity contribution in [2.45, 2.75) is 20.0 Å². The van der Waals surface area contributed by atoms with Gasteiger partial charge in [-0.2, -0.15) is 0 Å². The van der Waals surface area contributed by atoms with E-state index in [1.807, 2.05) is 0 Å². The molecule has 1 atom stereocenters. The second-order valence-corrected chi connectivity index (χ2v) is 1.57. The number of carbonyl (C=O) groups excluding carboxylic acids is 1. The van der Waals surface area contributed by atoms with Gasteiger partial charge in [0, 0.05) is 0 Å². The zero-order valence-electron chi connectivity index (χ0n) is 4.34. The van der Waals surface area contributed by atoms with Crippen LogP contribution in [0.5, 0.6) is 0 Å². The average Bonchev–Trinajstić information content (AvgIpc) is 1.65. The lowest BCUT2D eigenvalue weighted by molar-refractivity contribution is -0.122. The summed E-state index contributed by atoms with van der Waals surface area (Å²) in [7, 11) is 0. The molecule has 0 rings (SSSR count). The molecule has 0 spiro atoms. The van der Waals surface area contributed by atoms with E-state index in [0.29, 0.717) is 0 Å². The minimum Gasteiger partial charge on any atom is -0.308 e. The van der Waals surface area contributed by atoms with Crippen molar-refractivity contribution in [3.8, 4) is 0 Å². The van der Waals surface area contributed by atoms with Gasteiger partial charge in [-0.3, -0.25) is 4.79 Å². The first-order valence-electron chi connectivity index (χ1n) is 1.99. The quantitative estimate of drug-likeness (QED) is 0.431. The van der Waals surface area contributed by atoms with Gasteiger partial charge >= 0.3 is 0 Å². The van der Waals surface area contributed by atoms with Gasteiger partial charge in [-0.1, -0.05) is 0 Å². The molecule has 0 amide bonds. The summed E-state index contributed by atoms with van der Waals surface area (Å²) in [5.74, 6) is -0.00463. The van der Waals surface area contributed by atoms with Gasteiger partial charge in [0.2, 0.25) is 0 Å². The second kappa shape index (κ2) is 3.04. The normalized spacial score (nSPS) is 13.6. The summed E-state index contributed by atoms with van der Waals surface area (Å²) in [5, 5.41) is 0. The topological polar surface area (TPSA) is 26.3 Å². The standard InChI is InChI=1S/C4H8O2S/c1-3(5)4(2)6-7/h4,7H,1-2H3. The number of ketones is 1. The van der Waals surface area contributed by atoms with Crippen LogP contribution in [0.2, 0.25) is 0 Å². The van der Waals surface area contributed by atoms with Crippen LogP contribution in [0.3, 0.4) is 0 Å². The van der Waals surface area contributed by atoms with Gasteiger partial charge in [-0.05, 0) is 26.8 Å². The molecule has 0 N–H and O–H groups in total. The molecule has 42 valence electrons. The zero-order valence-corrected chi connectivity index (χ0v) is 5.24. The molecule has 0 aliphatic heterocycles. The Kier molecular flexibility index (Phi) is 3.04. The van der Waals surface area contributed by atoms with Crippen LogP contribution in [-0.2, 0) is 8.98 Å². The Morgan fingerprint density at radius 1 is 1.86 bits per heavy atom. The van der Waals surface area contributed by atoms with Gasteiger partial charge in [0.1, 0.15) is 6.10 Å². The third-order valence-electron chi connectivity index (χ3n) is 0.731. The monoisotopic (exact) mass is 120 g/mol. The van der Waals surface area contributed by atoms with Gasteiger partial charge in [0.15, 0.2) is 5.78 Å². The summed E-state index contributed by atoms with van der Waals surface area (Å²) in [5.41, 5.74) is 0. The molecule has 0 heterocycles. The molecule has 0 saturated heterocycles. The Balaban J connectivity index is 3.34. The largest absolute Gasteiger partial charge is 0.308 e. The van der Waals surface area contributed by atoms with Crippen LogP contribution < -0.4 is 0 Å². The molecule has 1 unspecified atom stereocenters. The van der Waals surface area contributed by atoms with Crippen molar-refractivity contribution < 1.29 is 8.98 Å². The summed E-state index contributed by atoms with van der Waals surface area (Å²) in [4.78, 5) is 10.2. The van der Waals surface area contributed by atoms with Gasteiger partial charge in [-0.15, -0.1) is 0 Å². The Morgan fingerprint density at radius 2 is 2.29 bits per heavy atom. The molecule has 0 saturated carbocycles. The number of rotatable bonds is 2. The lowest BCUT2D eigenvalue weighted by atomic mass is 10.3. The SMILES string of the molecule is CC(=O)C(C)OS. The van der Waals surface area contributed by atoms with Gasteiger partial charge < -0.3 is 4.18 Å². The predicted molar refractivity (Wildman–Crippen MR) is 30.2 cm³/mol. The zero-order chi connectivity index (χ0) is 5.86. The van der Waals surface area contributed by atoms with Crippen LogP contribution >= 0.6 is 12.9 Å². The maximum Gasteiger partial charge on any atom is 0.159 e. The highest BCUT2D eigenvalue weighted by Gasteiger charge is 2.03. The molecule has 3 heteroatoms. The van der Waals surface area contributed by atoms with E-state index in [4.69, 9.17) is 0 Å². The van der Waals surface area contributed by atoms with Crippen LogP contribution in [0.25, 0.3) is 0 Å². The highest BCUT2D eigenvalue weighted by Crippen LogP contribution is 1.92. The van der Waals surface area contributed by atoms with Crippen LogP contribution in [0, 0.1) is 0 Å². The first-order chi connectivity index (χ1) is 3.18. The van der Waals surface area contributed by atoms with Crippen molar-refractivity contribution in [2.75, 3.05) is 0 Å². The number of carbonyl (C=O) groups is 1. The van der Waals surface area contributed by atoms with Crippen LogP contribution in [0.1, 0.15) is 13.8 Å². The lowest BCUT2D eigenvalue weighted by Gasteiger charge is -1.98. The number of hydrogen-bond acceptors (Lipinski definition) is 3. The molecule has 0 aromatic heterocycles. The molecule has 0 aromatic carbocycles. The number of Topliss-reactive ketones (excluding diaryl/α,β-unsaturated/α-hetero) is 1. The van der Waals surface area contributed by atoms with Crippen molar-refractivity contribution in [1.82, 2.24) is 0 Å². The van der Waals surface area contributed by atoms with Crippen LogP contribution in [0.15, 0.2) is 0 Å². The van der Waals surface area contributed by atoms with Gasteiger partial charge in [0.25, 0.3) is 0 Å². The Bertz CT molecular complexity index is 72.1. The van der Waals surface area contributed by atoms with Crippen molar-refractivity contribution in [2.24, 2.45) is 0 Å². The molecular weight excluding hydrogens is 112 g/mol. The molecule has 2 nitrogen and oxygen atoms in total. The maximum atomic E-state index is 10.2. The summed E-state index contributed by atoms with van der Waals surface area (Å²) < 4.78 is 4.36. The van der Waals surface area contributed by atoms with E-state index >= 15 is 0 Å². The summed E-state index contributed by atoms with van der Waals surface area (Å²) >= 11 is 3.43. The van der Waals surface area contributed by atoms with E-state index in [2.05, 4.69) is 17.1 Å². The van der Waals surface area contributed by atoms with E-state index in [1.54, 1.807) is 6.92 Å². The average molecular weight is 120 g/mol. The highest BCUT2D eigenvalue weighted by molar-refractivity contribution is 7.75. The molecule has 0 bridgehead atoms. The van der Waals surface area contributed by atoms with Gasteiger partial charge in [0.05, 0.1) is 0 Å². The Labute approximate surface area is 48.5 Å². The summed E-state index contributed by atoms with van der Waals surface area (Å²) in [6.45, 7) is 3.11. The Hall–Kier alpha value is -0.0200. The third-order valence-corrected chi connectivity index (χ3v) is 1.05. The molecular formula is C4H8O2S. The van der Waals surface area contributed by atoms with E-state index in [9.17, 15) is 4.79 Å². The van der Waals surface area contributed by atoms with Gasteiger partial charge in [-0.25, -0.2) is 0 Å². The Morgan fingerprint density at radius 3 is 2.29 bits per heavy atom. The van der Waals surface area contributed by atoms with Crippen LogP contribution in [-0.4, -0.2) is 11.9 Å². The van der Waals surface area contributed by atoms with Crippen molar-refractivity contribution >= 4 is 18.7 Å². The lowest BCUT2D eigenvalue weighted by Crippen LogP contribution is -2.12. The van der Waals surface area contributed by atoms with Crippen molar-refractivity contribution in [3.05, 3.63) is 0 Å². The van der Waals surface area contributed by atoms with E-state index < -0.39 is 0 Å². The third kappa shape index (κ3) is 2.65. The summed E-state index contributed by atoms with van der Waals surface area (Å²) in [6.07, 6.45) is -0.372. The second-order valence-electron chi connectivity index (χ2n) is 1.36. The highest BCUT2D eigenvalue weighted by atomic mass is 32.1. The minimum atomic E-state index is -0.372. The predicted octanol–water partition coefficient (Wildman–Crippen LogP) is 0.825. The molecule has 0 radical (unpaired) electrons. The van der Waals surface area contributed by atoms with Crippen molar-refractivity contribution in [3.63, 3.8) is 0 Å². The fraction of sp³-hybridized carbons (Fsp3) is 0.750. The van der Waals surface area contributed by atoms with Crippen molar-refractivity contribution in [1.29, 1.82) is 0 Å². The minimum absolute atomic E-state index is 0.00463. The number of thiol groups is 1. The maximum absolute atomic E-state index is 10.2. The first kappa shape index (κ1) is 6.98. The smallest absolute Gasteiger partial charge is 0.159 e. The molecule has 0 fully saturated rings. The molecule has 0 aromatic rings. The summed E-state index contributed by atoms with van der Waals surface area (Å²) in [6, 6.07) is 0. The van der Waals surface area contributed by atoms with E-state index in [-0.39, 0.29) is 11.9 Å². The number of hydrogen-bond donors (Lipinski definition) is 1. The van der Waals surface area contributed by atoms with E-state index in [1.165, 1.54) is 6.92 Å².